The number of nitrogens with zero attached hydrogens (tertiary/aromatic N) is 1. The van der Waals surface area contributed by atoms with Crippen LogP contribution in [0.2, 0.25) is 0 Å². The van der Waals surface area contributed by atoms with Gasteiger partial charge in [0.25, 0.3) is 0 Å². The number of ether oxygens (including phenoxy) is 1. The van der Waals surface area contributed by atoms with E-state index in [2.05, 4.69) is 12.1 Å². The summed E-state index contributed by atoms with van der Waals surface area (Å²) in [5.41, 5.74) is 1.19. The number of hydrogen-bond donors (Lipinski definition) is 0. The Bertz CT molecular complexity index is 486. The second-order valence-corrected chi connectivity index (χ2v) is 5.40. The lowest BCUT2D eigenvalue weighted by Crippen LogP contribution is -2.42. The summed E-state index contributed by atoms with van der Waals surface area (Å²) in [5.74, 6) is -0.0533. The molecule has 108 valence electrons. The van der Waals surface area contributed by atoms with Crippen molar-refractivity contribution in [2.24, 2.45) is 0 Å². The van der Waals surface area contributed by atoms with Gasteiger partial charge < -0.3 is 9.64 Å². The summed E-state index contributed by atoms with van der Waals surface area (Å²) in [6.07, 6.45) is 0.898. The first-order valence-corrected chi connectivity index (χ1v) is 6.98. The van der Waals surface area contributed by atoms with Gasteiger partial charge in [-0.15, -0.1) is 0 Å². The average molecular weight is 275 g/mol. The van der Waals surface area contributed by atoms with E-state index in [1.807, 2.05) is 30.0 Å². The monoisotopic (exact) mass is 275 g/mol. The van der Waals surface area contributed by atoms with E-state index in [1.165, 1.54) is 12.5 Å². The van der Waals surface area contributed by atoms with E-state index in [0.717, 1.165) is 6.42 Å². The topological polar surface area (TPSA) is 46.6 Å². The smallest absolute Gasteiger partial charge is 0.302 e. The number of amides is 1. The van der Waals surface area contributed by atoms with Gasteiger partial charge in [0.15, 0.2) is 0 Å². The third-order valence-corrected chi connectivity index (χ3v) is 3.94. The lowest BCUT2D eigenvalue weighted by Gasteiger charge is -2.29. The largest absolute Gasteiger partial charge is 0.464 e. The molecule has 1 fully saturated rings. The van der Waals surface area contributed by atoms with Crippen molar-refractivity contribution in [2.45, 2.75) is 45.2 Å². The van der Waals surface area contributed by atoms with E-state index in [0.29, 0.717) is 0 Å². The molecule has 3 atom stereocenters. The van der Waals surface area contributed by atoms with Gasteiger partial charge in [-0.3, -0.25) is 9.59 Å². The molecule has 0 spiro atoms. The van der Waals surface area contributed by atoms with Crippen molar-refractivity contribution >= 4 is 11.9 Å². The molecule has 4 nitrogen and oxygen atoms in total. The Morgan fingerprint density at radius 2 is 1.90 bits per heavy atom. The zero-order valence-corrected chi connectivity index (χ0v) is 12.2. The Morgan fingerprint density at radius 3 is 2.45 bits per heavy atom. The molecule has 1 aromatic rings. The average Bonchev–Trinajstić information content (AvgIpc) is 2.74. The Hall–Kier alpha value is -1.84. The second-order valence-electron chi connectivity index (χ2n) is 5.40. The van der Waals surface area contributed by atoms with Crippen LogP contribution >= 0.6 is 0 Å². The molecule has 2 rings (SSSR count). The maximum absolute atomic E-state index is 11.9. The molecule has 0 unspecified atom stereocenters. The standard InChI is InChI=1S/C16H21NO3/c1-11-9-15(14-7-5-4-6-8-14)16(10-20-13(3)19)17(11)12(2)18/h4-8,11,15-16H,9-10H2,1-3H3/t11-,15-,16+/m0/s1. The van der Waals surface area contributed by atoms with Crippen LogP contribution in [0.3, 0.4) is 0 Å². The predicted octanol–water partition coefficient (Wildman–Crippen LogP) is 2.34. The molecule has 1 aromatic carbocycles. The third kappa shape index (κ3) is 3.00. The molecule has 0 aliphatic carbocycles. The van der Waals surface area contributed by atoms with Crippen LogP contribution in [-0.4, -0.2) is 35.5 Å². The van der Waals surface area contributed by atoms with Crippen LogP contribution in [0.1, 0.15) is 38.7 Å². The van der Waals surface area contributed by atoms with Crippen LogP contribution in [0.4, 0.5) is 0 Å². The van der Waals surface area contributed by atoms with Gasteiger partial charge in [-0.25, -0.2) is 0 Å². The van der Waals surface area contributed by atoms with Gasteiger partial charge in [-0.05, 0) is 18.9 Å². The SMILES string of the molecule is CC(=O)OC[C@@H]1[C@H](c2ccccc2)C[C@H](C)N1C(C)=O. The van der Waals surface area contributed by atoms with Crippen molar-refractivity contribution in [1.29, 1.82) is 0 Å². The highest BCUT2D eigenvalue weighted by molar-refractivity contribution is 5.75. The fraction of sp³-hybridized carbons (Fsp3) is 0.500. The van der Waals surface area contributed by atoms with Gasteiger partial charge in [0.1, 0.15) is 6.61 Å². The summed E-state index contributed by atoms with van der Waals surface area (Å²) in [5, 5.41) is 0. The molecular formula is C16H21NO3. The molecule has 4 heteroatoms. The van der Waals surface area contributed by atoms with Crippen LogP contribution in [-0.2, 0) is 14.3 Å². The number of esters is 1. The van der Waals surface area contributed by atoms with Crippen molar-refractivity contribution in [3.63, 3.8) is 0 Å². The van der Waals surface area contributed by atoms with Gasteiger partial charge in [0.2, 0.25) is 5.91 Å². The molecule has 0 saturated carbocycles. The van der Waals surface area contributed by atoms with Crippen molar-refractivity contribution in [3.8, 4) is 0 Å². The van der Waals surface area contributed by atoms with Crippen molar-refractivity contribution in [2.75, 3.05) is 6.61 Å². The van der Waals surface area contributed by atoms with Gasteiger partial charge in [0, 0.05) is 25.8 Å². The molecule has 1 amide bonds. The number of carbonyl (C=O) groups is 2. The summed E-state index contributed by atoms with van der Waals surface area (Å²) < 4.78 is 5.17. The van der Waals surface area contributed by atoms with E-state index in [9.17, 15) is 9.59 Å². The first kappa shape index (κ1) is 14.6. The summed E-state index contributed by atoms with van der Waals surface area (Å²) >= 11 is 0. The van der Waals surface area contributed by atoms with E-state index in [-0.39, 0.29) is 36.5 Å². The molecule has 0 N–H and O–H groups in total. The van der Waals surface area contributed by atoms with Crippen molar-refractivity contribution in [3.05, 3.63) is 35.9 Å². The minimum Gasteiger partial charge on any atom is -0.464 e. The van der Waals surface area contributed by atoms with Gasteiger partial charge in [0.05, 0.1) is 6.04 Å². The van der Waals surface area contributed by atoms with Crippen LogP contribution in [0.25, 0.3) is 0 Å². The molecule has 1 aliphatic rings. The number of likely N-dealkylation sites (tertiary alicyclic amines) is 1. The van der Waals surface area contributed by atoms with Crippen molar-refractivity contribution in [1.82, 2.24) is 4.90 Å². The summed E-state index contributed by atoms with van der Waals surface area (Å²) in [6.45, 7) is 5.28. The molecule has 0 bridgehead atoms. The molecule has 1 saturated heterocycles. The minimum absolute atomic E-state index is 0.0353. The first-order chi connectivity index (χ1) is 9.50. The third-order valence-electron chi connectivity index (χ3n) is 3.94. The van der Waals surface area contributed by atoms with E-state index < -0.39 is 0 Å². The predicted molar refractivity (Wildman–Crippen MR) is 76.2 cm³/mol. The maximum atomic E-state index is 11.9. The first-order valence-electron chi connectivity index (χ1n) is 6.98. The summed E-state index contributed by atoms with van der Waals surface area (Å²) in [7, 11) is 0. The fourth-order valence-corrected chi connectivity index (χ4v) is 3.16. The van der Waals surface area contributed by atoms with Crippen LogP contribution in [0.5, 0.6) is 0 Å². The Morgan fingerprint density at radius 1 is 1.25 bits per heavy atom. The lowest BCUT2D eigenvalue weighted by molar-refractivity contribution is -0.145. The fourth-order valence-electron chi connectivity index (χ4n) is 3.16. The zero-order chi connectivity index (χ0) is 14.7. The number of rotatable bonds is 3. The highest BCUT2D eigenvalue weighted by Gasteiger charge is 2.41. The highest BCUT2D eigenvalue weighted by atomic mass is 16.5. The maximum Gasteiger partial charge on any atom is 0.302 e. The number of benzene rings is 1. The molecule has 0 aromatic heterocycles. The number of hydrogen-bond acceptors (Lipinski definition) is 3. The number of carbonyl (C=O) groups excluding carboxylic acids is 2. The highest BCUT2D eigenvalue weighted by Crippen LogP contribution is 2.37. The molecule has 20 heavy (non-hydrogen) atoms. The van der Waals surface area contributed by atoms with Gasteiger partial charge in [-0.1, -0.05) is 30.3 Å². The zero-order valence-electron chi connectivity index (χ0n) is 12.2. The quantitative estimate of drug-likeness (QED) is 0.795. The molecule has 0 radical (unpaired) electrons. The Kier molecular flexibility index (Phi) is 4.42. The lowest BCUT2D eigenvalue weighted by atomic mass is 9.91. The molecular weight excluding hydrogens is 254 g/mol. The molecule has 1 aliphatic heterocycles. The van der Waals surface area contributed by atoms with Gasteiger partial charge >= 0.3 is 5.97 Å². The van der Waals surface area contributed by atoms with E-state index >= 15 is 0 Å². The van der Waals surface area contributed by atoms with Crippen molar-refractivity contribution < 1.29 is 14.3 Å². The van der Waals surface area contributed by atoms with Gasteiger partial charge in [-0.2, -0.15) is 0 Å². The van der Waals surface area contributed by atoms with E-state index in [1.54, 1.807) is 6.92 Å². The minimum atomic E-state index is -0.306. The molecule has 1 heterocycles. The normalized spacial score (nSPS) is 25.6. The Balaban J connectivity index is 2.25. The summed E-state index contributed by atoms with van der Waals surface area (Å²) in [4.78, 5) is 24.8. The Labute approximate surface area is 119 Å². The van der Waals surface area contributed by atoms with E-state index in [4.69, 9.17) is 4.74 Å². The van der Waals surface area contributed by atoms with Crippen LogP contribution < -0.4 is 0 Å². The van der Waals surface area contributed by atoms with Crippen LogP contribution in [0.15, 0.2) is 30.3 Å². The summed E-state index contributed by atoms with van der Waals surface area (Å²) in [6, 6.07) is 10.2. The van der Waals surface area contributed by atoms with Crippen LogP contribution in [0, 0.1) is 0 Å². The second kappa shape index (κ2) is 6.07.